The van der Waals surface area contributed by atoms with Gasteiger partial charge in [-0.1, -0.05) is 31.5 Å². The van der Waals surface area contributed by atoms with E-state index in [9.17, 15) is 0 Å². The molecule has 0 radical (unpaired) electrons. The largest absolute Gasteiger partial charge is 0.382 e. The summed E-state index contributed by atoms with van der Waals surface area (Å²) >= 11 is 0. The summed E-state index contributed by atoms with van der Waals surface area (Å²) in [5, 5.41) is 4.67. The summed E-state index contributed by atoms with van der Waals surface area (Å²) in [6.07, 6.45) is 7.12. The molecule has 3 N–H and O–H groups in total. The molecule has 0 spiro atoms. The van der Waals surface area contributed by atoms with E-state index in [4.69, 9.17) is 15.7 Å². The van der Waals surface area contributed by atoms with Crippen LogP contribution in [-0.2, 0) is 19.4 Å². The van der Waals surface area contributed by atoms with Gasteiger partial charge < -0.3 is 15.6 Å². The molecule has 0 bridgehead atoms. The molecule has 6 nitrogen and oxygen atoms in total. The van der Waals surface area contributed by atoms with Crippen LogP contribution in [0.3, 0.4) is 0 Å². The average Bonchev–Trinajstić information content (AvgIpc) is 3.50. The molecule has 30 heavy (non-hydrogen) atoms. The minimum absolute atomic E-state index is 0.583. The van der Waals surface area contributed by atoms with Gasteiger partial charge >= 0.3 is 0 Å². The molecule has 0 atom stereocenters. The molecule has 3 aromatic rings. The number of imidazole rings is 1. The first-order valence-corrected chi connectivity index (χ1v) is 11.7. The SMILES string of the molecule is CCCCc1nc2c(N)nc3c(CC4CC4)cccc3c2n1CCN1CCNCC1. The van der Waals surface area contributed by atoms with Crippen molar-refractivity contribution in [3.8, 4) is 0 Å². The lowest BCUT2D eigenvalue weighted by Crippen LogP contribution is -2.44. The predicted octanol–water partition coefficient (Wildman–Crippen LogP) is 3.37. The summed E-state index contributed by atoms with van der Waals surface area (Å²) in [7, 11) is 0. The van der Waals surface area contributed by atoms with Gasteiger partial charge in [0.25, 0.3) is 0 Å². The van der Waals surface area contributed by atoms with E-state index in [-0.39, 0.29) is 0 Å². The van der Waals surface area contributed by atoms with Crippen molar-refractivity contribution in [2.24, 2.45) is 5.92 Å². The van der Waals surface area contributed by atoms with E-state index >= 15 is 0 Å². The zero-order valence-electron chi connectivity index (χ0n) is 18.2. The number of aromatic nitrogens is 3. The fourth-order valence-electron chi connectivity index (χ4n) is 4.78. The fraction of sp³-hybridized carbons (Fsp3) is 0.583. The van der Waals surface area contributed by atoms with Crippen LogP contribution in [0, 0.1) is 5.92 Å². The summed E-state index contributed by atoms with van der Waals surface area (Å²) in [6, 6.07) is 6.64. The Bertz CT molecular complexity index is 1030. The first-order chi connectivity index (χ1) is 14.7. The lowest BCUT2D eigenvalue weighted by Gasteiger charge is -2.27. The highest BCUT2D eigenvalue weighted by molar-refractivity contribution is 6.07. The van der Waals surface area contributed by atoms with Crippen LogP contribution in [0.1, 0.15) is 44.0 Å². The van der Waals surface area contributed by atoms with Gasteiger partial charge in [0, 0.05) is 51.1 Å². The van der Waals surface area contributed by atoms with E-state index in [1.54, 1.807) is 0 Å². The second-order valence-electron chi connectivity index (χ2n) is 9.03. The number of nitrogen functional groups attached to an aromatic ring is 1. The van der Waals surface area contributed by atoms with Gasteiger partial charge in [-0.15, -0.1) is 0 Å². The molecule has 160 valence electrons. The number of pyridine rings is 1. The van der Waals surface area contributed by atoms with Gasteiger partial charge in [0.1, 0.15) is 11.3 Å². The smallest absolute Gasteiger partial charge is 0.152 e. The van der Waals surface area contributed by atoms with Gasteiger partial charge in [-0.25, -0.2) is 9.97 Å². The van der Waals surface area contributed by atoms with E-state index in [0.717, 1.165) is 81.3 Å². The number of aryl methyl sites for hydroxylation is 1. The van der Waals surface area contributed by atoms with Crippen molar-refractivity contribution in [2.45, 2.75) is 52.0 Å². The quantitative estimate of drug-likeness (QED) is 0.600. The second kappa shape index (κ2) is 8.52. The lowest BCUT2D eigenvalue weighted by molar-refractivity contribution is 0.232. The zero-order chi connectivity index (χ0) is 20.5. The van der Waals surface area contributed by atoms with Crippen LogP contribution in [0.2, 0.25) is 0 Å². The molecule has 0 amide bonds. The van der Waals surface area contributed by atoms with Gasteiger partial charge in [0.2, 0.25) is 0 Å². The van der Waals surface area contributed by atoms with Gasteiger partial charge in [0.15, 0.2) is 5.82 Å². The fourth-order valence-corrected chi connectivity index (χ4v) is 4.78. The van der Waals surface area contributed by atoms with E-state index in [2.05, 4.69) is 39.9 Å². The Balaban J connectivity index is 1.59. The molecule has 1 aliphatic heterocycles. The van der Waals surface area contributed by atoms with Crippen molar-refractivity contribution in [1.29, 1.82) is 0 Å². The molecule has 5 rings (SSSR count). The molecular formula is C24H34N6. The summed E-state index contributed by atoms with van der Waals surface area (Å²) in [4.78, 5) is 12.4. The second-order valence-corrected chi connectivity index (χ2v) is 9.03. The predicted molar refractivity (Wildman–Crippen MR) is 124 cm³/mol. The van der Waals surface area contributed by atoms with Gasteiger partial charge in [-0.2, -0.15) is 0 Å². The van der Waals surface area contributed by atoms with Crippen LogP contribution < -0.4 is 11.1 Å². The van der Waals surface area contributed by atoms with Gasteiger partial charge in [-0.05, 0) is 37.2 Å². The Hall–Kier alpha value is -2.18. The maximum atomic E-state index is 6.48. The highest BCUT2D eigenvalue weighted by Gasteiger charge is 2.24. The van der Waals surface area contributed by atoms with Crippen molar-refractivity contribution >= 4 is 27.8 Å². The molecule has 2 aliphatic rings. The number of benzene rings is 1. The maximum Gasteiger partial charge on any atom is 0.152 e. The Labute approximate surface area is 178 Å². The molecule has 1 aromatic carbocycles. The van der Waals surface area contributed by atoms with Crippen LogP contribution in [0.15, 0.2) is 18.2 Å². The molecule has 1 saturated heterocycles. The lowest BCUT2D eigenvalue weighted by atomic mass is 10.0. The van der Waals surface area contributed by atoms with Crippen molar-refractivity contribution in [3.05, 3.63) is 29.6 Å². The highest BCUT2D eigenvalue weighted by atomic mass is 15.2. The van der Waals surface area contributed by atoms with Crippen LogP contribution in [0.4, 0.5) is 5.82 Å². The highest BCUT2D eigenvalue weighted by Crippen LogP contribution is 2.36. The van der Waals surface area contributed by atoms with Crippen molar-refractivity contribution < 1.29 is 0 Å². The monoisotopic (exact) mass is 406 g/mol. The van der Waals surface area contributed by atoms with Crippen LogP contribution >= 0.6 is 0 Å². The van der Waals surface area contributed by atoms with Crippen LogP contribution in [0.25, 0.3) is 21.9 Å². The number of anilines is 1. The number of rotatable bonds is 8. The van der Waals surface area contributed by atoms with E-state index in [1.807, 2.05) is 0 Å². The number of nitrogens with zero attached hydrogens (tertiary/aromatic N) is 4. The first kappa shape index (κ1) is 19.8. The topological polar surface area (TPSA) is 72.0 Å². The van der Waals surface area contributed by atoms with Crippen molar-refractivity contribution in [3.63, 3.8) is 0 Å². The Morgan fingerprint density at radius 3 is 2.70 bits per heavy atom. The number of fused-ring (bicyclic) bond motifs is 3. The molecule has 1 aliphatic carbocycles. The third-order valence-electron chi connectivity index (χ3n) is 6.71. The molecule has 1 saturated carbocycles. The number of nitrogens with two attached hydrogens (primary N) is 1. The number of hydrogen-bond acceptors (Lipinski definition) is 5. The standard InChI is InChI=1S/C24H34N6/c1-2-3-7-20-27-22-23(30(20)15-14-29-12-10-26-11-13-29)19-6-4-5-18(16-17-8-9-17)21(19)28-24(22)25/h4-6,17,26H,2-3,7-16H2,1H3,(H2,25,28). The van der Waals surface area contributed by atoms with E-state index < -0.39 is 0 Å². The Morgan fingerprint density at radius 2 is 1.93 bits per heavy atom. The summed E-state index contributed by atoms with van der Waals surface area (Å²) in [5.74, 6) is 2.57. The molecule has 0 unspecified atom stereocenters. The number of para-hydroxylation sites is 1. The summed E-state index contributed by atoms with van der Waals surface area (Å²) in [5.41, 5.74) is 11.0. The zero-order valence-corrected chi connectivity index (χ0v) is 18.2. The average molecular weight is 407 g/mol. The molecule has 2 fully saturated rings. The number of piperazine rings is 1. The Kier molecular flexibility index (Phi) is 5.61. The van der Waals surface area contributed by atoms with Crippen LogP contribution in [0.5, 0.6) is 0 Å². The van der Waals surface area contributed by atoms with Gasteiger partial charge in [0.05, 0.1) is 11.0 Å². The van der Waals surface area contributed by atoms with E-state index in [0.29, 0.717) is 5.82 Å². The Morgan fingerprint density at radius 1 is 1.10 bits per heavy atom. The molecule has 2 aromatic heterocycles. The molecule has 6 heteroatoms. The van der Waals surface area contributed by atoms with Gasteiger partial charge in [-0.3, -0.25) is 4.90 Å². The van der Waals surface area contributed by atoms with Crippen LogP contribution in [-0.4, -0.2) is 52.2 Å². The van der Waals surface area contributed by atoms with Crippen molar-refractivity contribution in [2.75, 3.05) is 38.5 Å². The number of hydrogen-bond donors (Lipinski definition) is 2. The molecular weight excluding hydrogens is 372 g/mol. The third-order valence-corrected chi connectivity index (χ3v) is 6.71. The number of unbranched alkanes of at least 4 members (excludes halogenated alkanes) is 1. The van der Waals surface area contributed by atoms with E-state index in [1.165, 1.54) is 35.7 Å². The number of nitrogens with one attached hydrogen (secondary N) is 1. The first-order valence-electron chi connectivity index (χ1n) is 11.7. The normalized spacial score (nSPS) is 17.9. The summed E-state index contributed by atoms with van der Waals surface area (Å²) in [6.45, 7) is 8.65. The minimum atomic E-state index is 0.583. The maximum absolute atomic E-state index is 6.48. The molecule has 3 heterocycles. The minimum Gasteiger partial charge on any atom is -0.382 e. The third kappa shape index (κ3) is 3.91. The summed E-state index contributed by atoms with van der Waals surface area (Å²) < 4.78 is 2.45. The van der Waals surface area contributed by atoms with Crippen molar-refractivity contribution in [1.82, 2.24) is 24.8 Å².